The molecule has 0 fully saturated rings. The number of hydrogen-bond acceptors (Lipinski definition) is 5. The minimum Gasteiger partial charge on any atom is -0.423 e. The van der Waals surface area contributed by atoms with Crippen molar-refractivity contribution in [2.45, 2.75) is 26.9 Å². The number of benzene rings is 2. The van der Waals surface area contributed by atoms with Crippen molar-refractivity contribution in [3.05, 3.63) is 70.7 Å². The van der Waals surface area contributed by atoms with Crippen LogP contribution in [0.15, 0.2) is 48.7 Å². The maximum atomic E-state index is 10.00. The van der Waals surface area contributed by atoms with Gasteiger partial charge in [0.2, 0.25) is 0 Å². The van der Waals surface area contributed by atoms with E-state index in [-0.39, 0.29) is 21.1 Å². The number of anilines is 2. The summed E-state index contributed by atoms with van der Waals surface area (Å²) in [4.78, 5) is 8.90. The Kier molecular flexibility index (Phi) is 6.50. The Labute approximate surface area is 179 Å². The van der Waals surface area contributed by atoms with Crippen molar-refractivity contribution in [3.63, 3.8) is 0 Å². The minimum atomic E-state index is -0.846. The summed E-state index contributed by atoms with van der Waals surface area (Å²) >= 11 is 0. The van der Waals surface area contributed by atoms with Crippen molar-refractivity contribution in [1.29, 1.82) is 0 Å². The molecule has 1 aliphatic rings. The van der Waals surface area contributed by atoms with E-state index < -0.39 is 7.12 Å². The summed E-state index contributed by atoms with van der Waals surface area (Å²) in [6, 6.07) is 13.8. The first kappa shape index (κ1) is 20.5. The van der Waals surface area contributed by atoms with Crippen molar-refractivity contribution >= 4 is 35.7 Å². The number of hydrogen-bond donors (Lipinski definition) is 2. The van der Waals surface area contributed by atoms with Crippen molar-refractivity contribution in [3.8, 4) is 0 Å². The zero-order chi connectivity index (χ0) is 18.8. The summed E-state index contributed by atoms with van der Waals surface area (Å²) < 4.78 is 5.34. The Morgan fingerprint density at radius 3 is 2.79 bits per heavy atom. The Bertz CT molecular complexity index is 972. The second-order valence-electron chi connectivity index (χ2n) is 6.50. The number of rotatable bonds is 5. The summed E-state index contributed by atoms with van der Waals surface area (Å²) in [6.45, 7) is 4.40. The third-order valence-corrected chi connectivity index (χ3v) is 4.59. The van der Waals surface area contributed by atoms with Gasteiger partial charge in [0, 0.05) is 32.7 Å². The van der Waals surface area contributed by atoms with Gasteiger partial charge in [-0.25, -0.2) is 0 Å². The van der Waals surface area contributed by atoms with Crippen LogP contribution in [0, 0.1) is 6.92 Å². The predicted molar refractivity (Wildman–Crippen MR) is 107 cm³/mol. The molecule has 28 heavy (non-hydrogen) atoms. The van der Waals surface area contributed by atoms with Gasteiger partial charge in [-0.2, -0.15) is 0 Å². The molecule has 146 valence electrons. The van der Waals surface area contributed by atoms with Gasteiger partial charge < -0.3 is 30.3 Å². The first-order valence-corrected chi connectivity index (χ1v) is 8.97. The molecule has 2 N–H and O–H groups in total. The normalized spacial score (nSPS) is 12.3. The van der Waals surface area contributed by atoms with Gasteiger partial charge in [0.15, 0.2) is 0 Å². The largest absolute Gasteiger partial charge is 0.492 e. The van der Waals surface area contributed by atoms with Gasteiger partial charge in [-0.05, 0) is 71.6 Å². The van der Waals surface area contributed by atoms with E-state index in [1.807, 2.05) is 49.4 Å². The third kappa shape index (κ3) is 4.27. The van der Waals surface area contributed by atoms with E-state index in [1.165, 1.54) is 0 Å². The summed E-state index contributed by atoms with van der Waals surface area (Å²) in [7, 11) is -0.846. The van der Waals surface area contributed by atoms with Crippen LogP contribution in [0.2, 0.25) is 0 Å². The molecule has 8 heteroatoms. The van der Waals surface area contributed by atoms with Crippen LogP contribution in [0.3, 0.4) is 0 Å². The molecule has 6 nitrogen and oxygen atoms in total. The third-order valence-electron chi connectivity index (χ3n) is 4.59. The van der Waals surface area contributed by atoms with Gasteiger partial charge in [-0.1, -0.05) is 25.1 Å². The second kappa shape index (κ2) is 8.86. The number of nitrogens with zero attached hydrogens (tertiary/aromatic N) is 3. The topological polar surface area (TPSA) is 81.4 Å². The van der Waals surface area contributed by atoms with Gasteiger partial charge in [0.05, 0.1) is 12.4 Å². The van der Waals surface area contributed by atoms with Crippen molar-refractivity contribution in [2.75, 3.05) is 5.32 Å². The van der Waals surface area contributed by atoms with Crippen LogP contribution >= 0.6 is 0 Å². The van der Waals surface area contributed by atoms with Gasteiger partial charge in [-0.3, -0.25) is 0 Å². The first-order chi connectivity index (χ1) is 13.1. The van der Waals surface area contributed by atoms with Crippen LogP contribution < -0.4 is 10.8 Å². The van der Waals surface area contributed by atoms with Crippen molar-refractivity contribution < 1.29 is 30.7 Å². The maximum Gasteiger partial charge on any atom is 0.492 e. The summed E-state index contributed by atoms with van der Waals surface area (Å²) in [5.74, 6) is 1.12. The first-order valence-electron chi connectivity index (χ1n) is 8.97. The maximum absolute atomic E-state index is 10.00. The zero-order valence-corrected chi connectivity index (χ0v) is 17.9. The Morgan fingerprint density at radius 2 is 2.04 bits per heavy atom. The van der Waals surface area contributed by atoms with Crippen LogP contribution in [-0.2, 0) is 38.7 Å². The van der Waals surface area contributed by atoms with Crippen LogP contribution in [0.25, 0.3) is 5.32 Å². The molecule has 0 amide bonds. The van der Waals surface area contributed by atoms with Gasteiger partial charge in [0.1, 0.15) is 0 Å². The molecular formula is C20H20BN4O2Pt-. The molecule has 0 unspecified atom stereocenters. The van der Waals surface area contributed by atoms with Crippen molar-refractivity contribution in [1.82, 2.24) is 9.97 Å². The average Bonchev–Trinajstić information content (AvgIpc) is 3.05. The number of nitrogens with one attached hydrogen (secondary N) is 1. The van der Waals surface area contributed by atoms with E-state index in [0.29, 0.717) is 12.6 Å². The number of para-hydroxylation sites is 1. The van der Waals surface area contributed by atoms with E-state index in [2.05, 4.69) is 27.5 Å². The second-order valence-corrected chi connectivity index (χ2v) is 6.50. The number of fused-ring (bicyclic) bond motifs is 1. The summed E-state index contributed by atoms with van der Waals surface area (Å²) in [5.41, 5.74) is 5.53. The van der Waals surface area contributed by atoms with E-state index in [4.69, 9.17) is 4.65 Å². The van der Waals surface area contributed by atoms with Gasteiger partial charge in [-0.15, -0.1) is 0 Å². The van der Waals surface area contributed by atoms with E-state index in [9.17, 15) is 5.02 Å². The molecule has 1 aliphatic heterocycles. The van der Waals surface area contributed by atoms with Crippen molar-refractivity contribution in [2.24, 2.45) is 0 Å². The van der Waals surface area contributed by atoms with Gasteiger partial charge >= 0.3 is 7.12 Å². The molecule has 2 aromatic carbocycles. The quantitative estimate of drug-likeness (QED) is 0.471. The average molecular weight is 554 g/mol. The van der Waals surface area contributed by atoms with Crippen LogP contribution in [0.1, 0.15) is 23.6 Å². The molecule has 4 rings (SSSR count). The molecular weight excluding hydrogens is 534 g/mol. The van der Waals surface area contributed by atoms with Crippen LogP contribution in [0.5, 0.6) is 0 Å². The predicted octanol–water partition coefficient (Wildman–Crippen LogP) is 3.64. The molecule has 2 heterocycles. The van der Waals surface area contributed by atoms with Crippen LogP contribution in [-0.4, -0.2) is 22.1 Å². The molecule has 0 saturated heterocycles. The zero-order valence-electron chi connectivity index (χ0n) is 15.6. The standard InChI is InChI=1S/C20H20BN4O2.Pt/c1-3-14-9-17(10-15-12-27-21(26)18(14)15)24-20-22-11-13(2)19(25-20)23-16-7-5-4-6-8-16;/h4-11,26H,3,12H2,1-2H3,(H-,22,23,24,25);/q-1;. The van der Waals surface area contributed by atoms with Crippen LogP contribution in [0.4, 0.5) is 23.1 Å². The van der Waals surface area contributed by atoms with E-state index >= 15 is 0 Å². The molecule has 1 aromatic heterocycles. The molecule has 0 spiro atoms. The Balaban J connectivity index is 0.00000225. The fraction of sp³-hybridized carbons (Fsp3) is 0.200. The molecule has 0 radical (unpaired) electrons. The summed E-state index contributed by atoms with van der Waals surface area (Å²) in [6.07, 6.45) is 2.56. The SMILES string of the molecule is CCc1cc([N-]c2ncc(C)c(Nc3ccccc3)n2)cc2c1B(O)OC2.[Pt]. The monoisotopic (exact) mass is 554 g/mol. The number of aryl methyl sites for hydroxylation is 2. The smallest absolute Gasteiger partial charge is 0.423 e. The molecule has 3 aromatic rings. The minimum absolute atomic E-state index is 0. The van der Waals surface area contributed by atoms with Gasteiger partial charge in [0.25, 0.3) is 0 Å². The number of aromatic nitrogens is 2. The molecule has 0 saturated carbocycles. The van der Waals surface area contributed by atoms with E-state index in [0.717, 1.165) is 45.8 Å². The molecule has 0 aliphatic carbocycles. The fourth-order valence-electron chi connectivity index (χ4n) is 3.19. The molecule has 0 atom stereocenters. The Morgan fingerprint density at radius 1 is 1.25 bits per heavy atom. The Hall–Kier alpha value is -2.21. The fourth-order valence-corrected chi connectivity index (χ4v) is 3.19. The summed E-state index contributed by atoms with van der Waals surface area (Å²) in [5, 5.41) is 17.9. The van der Waals surface area contributed by atoms with E-state index in [1.54, 1.807) is 6.20 Å². The molecule has 0 bridgehead atoms.